The summed E-state index contributed by atoms with van der Waals surface area (Å²) in [6.45, 7) is 1.31. The van der Waals surface area contributed by atoms with Crippen molar-refractivity contribution in [2.75, 3.05) is 23.3 Å². The van der Waals surface area contributed by atoms with Crippen LogP contribution in [0.2, 0.25) is 5.02 Å². The third-order valence-electron chi connectivity index (χ3n) is 5.58. The van der Waals surface area contributed by atoms with Crippen LogP contribution in [-0.2, 0) is 11.2 Å². The molecule has 3 aromatic rings. The van der Waals surface area contributed by atoms with Crippen LogP contribution >= 0.6 is 11.6 Å². The molecule has 2 N–H and O–H groups in total. The van der Waals surface area contributed by atoms with E-state index in [1.165, 1.54) is 25.2 Å². The molecule has 2 heterocycles. The Balaban J connectivity index is 1.44. The average Bonchev–Trinajstić information content (AvgIpc) is 3.60. The van der Waals surface area contributed by atoms with E-state index in [0.29, 0.717) is 31.4 Å². The Kier molecular flexibility index (Phi) is 5.29. The Morgan fingerprint density at radius 1 is 1.26 bits per heavy atom. The van der Waals surface area contributed by atoms with Gasteiger partial charge in [-0.3, -0.25) is 4.79 Å². The molecule has 0 spiro atoms. The zero-order valence-electron chi connectivity index (χ0n) is 16.7. The smallest absolute Gasteiger partial charge is 0.248 e. The van der Waals surface area contributed by atoms with Crippen LogP contribution in [0.3, 0.4) is 0 Å². The summed E-state index contributed by atoms with van der Waals surface area (Å²) in [4.78, 5) is 23.3. The van der Waals surface area contributed by atoms with Crippen LogP contribution < -0.4 is 15.5 Å². The van der Waals surface area contributed by atoms with Gasteiger partial charge in [0.2, 0.25) is 5.91 Å². The Hall–Kier alpha value is -3.03. The SMILES string of the molecule is O=C(/C=C/CNC1CC1)Nc1ccc2ncnc3c2c1CCN3c1ccc(F)c(Cl)c1. The fraction of sp³-hybridized carbons (Fsp3) is 0.261. The number of carbonyl (C=O) groups excluding carboxylic acids is 1. The van der Waals surface area contributed by atoms with Gasteiger partial charge in [-0.25, -0.2) is 14.4 Å². The average molecular weight is 438 g/mol. The molecule has 5 rings (SSSR count). The fourth-order valence-electron chi connectivity index (χ4n) is 3.88. The van der Waals surface area contributed by atoms with E-state index in [4.69, 9.17) is 11.6 Å². The molecule has 1 aliphatic carbocycles. The lowest BCUT2D eigenvalue weighted by Crippen LogP contribution is -2.26. The molecule has 1 fully saturated rings. The van der Waals surface area contributed by atoms with E-state index in [1.807, 2.05) is 23.1 Å². The number of benzene rings is 2. The van der Waals surface area contributed by atoms with Crippen molar-refractivity contribution < 1.29 is 9.18 Å². The van der Waals surface area contributed by atoms with Crippen molar-refractivity contribution >= 4 is 45.6 Å². The molecular weight excluding hydrogens is 417 g/mol. The Morgan fingerprint density at radius 3 is 2.94 bits per heavy atom. The molecule has 0 radical (unpaired) electrons. The minimum atomic E-state index is -0.457. The molecule has 0 bridgehead atoms. The number of halogens is 2. The second-order valence-electron chi connectivity index (χ2n) is 7.76. The van der Waals surface area contributed by atoms with Gasteiger partial charge in [0.1, 0.15) is 18.0 Å². The number of hydrogen-bond donors (Lipinski definition) is 2. The Bertz CT molecular complexity index is 1190. The van der Waals surface area contributed by atoms with Crippen LogP contribution in [0.1, 0.15) is 18.4 Å². The van der Waals surface area contributed by atoms with Crippen LogP contribution in [0, 0.1) is 5.82 Å². The van der Waals surface area contributed by atoms with E-state index >= 15 is 0 Å². The largest absolute Gasteiger partial charge is 0.325 e. The molecule has 31 heavy (non-hydrogen) atoms. The van der Waals surface area contributed by atoms with E-state index in [9.17, 15) is 9.18 Å². The highest BCUT2D eigenvalue weighted by Crippen LogP contribution is 2.39. The van der Waals surface area contributed by atoms with Gasteiger partial charge in [-0.1, -0.05) is 17.7 Å². The summed E-state index contributed by atoms with van der Waals surface area (Å²) in [7, 11) is 0. The highest BCUT2D eigenvalue weighted by molar-refractivity contribution is 6.31. The minimum Gasteiger partial charge on any atom is -0.325 e. The van der Waals surface area contributed by atoms with Crippen molar-refractivity contribution in [3.05, 3.63) is 65.2 Å². The molecule has 1 amide bonds. The van der Waals surface area contributed by atoms with Crippen LogP contribution in [-0.4, -0.2) is 35.0 Å². The number of anilines is 3. The van der Waals surface area contributed by atoms with Gasteiger partial charge in [0.15, 0.2) is 0 Å². The summed E-state index contributed by atoms with van der Waals surface area (Å²) in [6.07, 6.45) is 8.02. The summed E-state index contributed by atoms with van der Waals surface area (Å²) in [6, 6.07) is 9.00. The van der Waals surface area contributed by atoms with Gasteiger partial charge < -0.3 is 15.5 Å². The lowest BCUT2D eigenvalue weighted by molar-refractivity contribution is -0.111. The van der Waals surface area contributed by atoms with Gasteiger partial charge >= 0.3 is 0 Å². The summed E-state index contributed by atoms with van der Waals surface area (Å²) < 4.78 is 13.6. The Morgan fingerprint density at radius 2 is 2.13 bits per heavy atom. The van der Waals surface area contributed by atoms with Gasteiger partial charge in [-0.05, 0) is 55.2 Å². The maximum atomic E-state index is 13.6. The number of nitrogens with one attached hydrogen (secondary N) is 2. The molecule has 2 aliphatic rings. The quantitative estimate of drug-likeness (QED) is 0.560. The van der Waals surface area contributed by atoms with Gasteiger partial charge in [-0.2, -0.15) is 0 Å². The van der Waals surface area contributed by atoms with E-state index in [0.717, 1.165) is 27.8 Å². The van der Waals surface area contributed by atoms with Crippen molar-refractivity contribution in [2.45, 2.75) is 25.3 Å². The molecule has 1 aromatic heterocycles. The van der Waals surface area contributed by atoms with E-state index < -0.39 is 5.82 Å². The molecule has 158 valence electrons. The van der Waals surface area contributed by atoms with Crippen molar-refractivity contribution in [1.82, 2.24) is 15.3 Å². The first kappa shape index (κ1) is 19.9. The highest BCUT2D eigenvalue weighted by atomic mass is 35.5. The molecule has 6 nitrogen and oxygen atoms in total. The molecule has 1 aliphatic heterocycles. The number of nitrogens with zero attached hydrogens (tertiary/aromatic N) is 3. The summed E-state index contributed by atoms with van der Waals surface area (Å²) in [5.74, 6) is 0.0922. The third kappa shape index (κ3) is 4.11. The predicted octanol–water partition coefficient (Wildman–Crippen LogP) is 4.36. The number of carbonyl (C=O) groups is 1. The summed E-state index contributed by atoms with van der Waals surface area (Å²) in [5.41, 5.74) is 3.30. The molecule has 2 aromatic carbocycles. The summed E-state index contributed by atoms with van der Waals surface area (Å²) in [5, 5.41) is 7.28. The van der Waals surface area contributed by atoms with Crippen LogP contribution in [0.25, 0.3) is 10.9 Å². The first-order valence-corrected chi connectivity index (χ1v) is 10.7. The zero-order chi connectivity index (χ0) is 21.4. The lowest BCUT2D eigenvalue weighted by atomic mass is 9.98. The van der Waals surface area contributed by atoms with Crippen molar-refractivity contribution in [3.63, 3.8) is 0 Å². The topological polar surface area (TPSA) is 70.1 Å². The summed E-state index contributed by atoms with van der Waals surface area (Å²) >= 11 is 6.00. The molecule has 0 unspecified atom stereocenters. The second-order valence-corrected chi connectivity index (χ2v) is 8.16. The van der Waals surface area contributed by atoms with Gasteiger partial charge in [0.05, 0.1) is 10.5 Å². The van der Waals surface area contributed by atoms with E-state index in [-0.39, 0.29) is 10.9 Å². The zero-order valence-corrected chi connectivity index (χ0v) is 17.5. The number of rotatable bonds is 6. The predicted molar refractivity (Wildman–Crippen MR) is 120 cm³/mol. The highest BCUT2D eigenvalue weighted by Gasteiger charge is 2.25. The van der Waals surface area contributed by atoms with Crippen molar-refractivity contribution in [1.29, 1.82) is 0 Å². The molecule has 0 saturated heterocycles. The van der Waals surface area contributed by atoms with Crippen molar-refractivity contribution in [3.8, 4) is 0 Å². The maximum Gasteiger partial charge on any atom is 0.248 e. The molecular formula is C23H21ClFN5O. The molecule has 1 saturated carbocycles. The van der Waals surface area contributed by atoms with Crippen LogP contribution in [0.4, 0.5) is 21.6 Å². The minimum absolute atomic E-state index is 0.0672. The third-order valence-corrected chi connectivity index (χ3v) is 5.87. The van der Waals surface area contributed by atoms with Gasteiger partial charge in [0.25, 0.3) is 0 Å². The molecule has 0 atom stereocenters. The van der Waals surface area contributed by atoms with Gasteiger partial charge in [0, 0.05) is 42.0 Å². The first-order valence-electron chi connectivity index (χ1n) is 10.3. The standard InChI is InChI=1S/C23H21ClFN5O/c24-17-12-15(5-6-18(17)25)30-11-9-16-19(7-8-20-22(16)23(30)28-13-27-20)29-21(31)2-1-10-26-14-3-4-14/h1-2,5-8,12-14,26H,3-4,9-11H2,(H,29,31)/b2-1+. The monoisotopic (exact) mass is 437 g/mol. The van der Waals surface area contributed by atoms with E-state index in [1.54, 1.807) is 18.2 Å². The van der Waals surface area contributed by atoms with Crippen molar-refractivity contribution in [2.24, 2.45) is 0 Å². The number of hydrogen-bond acceptors (Lipinski definition) is 5. The molecule has 8 heteroatoms. The normalized spacial score (nSPS) is 15.6. The van der Waals surface area contributed by atoms with E-state index in [2.05, 4.69) is 20.6 Å². The van der Waals surface area contributed by atoms with Crippen LogP contribution in [0.15, 0.2) is 48.8 Å². The second kappa shape index (κ2) is 8.24. The Labute approximate surface area is 184 Å². The maximum absolute atomic E-state index is 13.6. The van der Waals surface area contributed by atoms with Gasteiger partial charge in [-0.15, -0.1) is 0 Å². The number of aromatic nitrogens is 2. The van der Waals surface area contributed by atoms with Crippen LogP contribution in [0.5, 0.6) is 0 Å². The first-order chi connectivity index (χ1) is 15.1. The number of amides is 1. The lowest BCUT2D eigenvalue weighted by Gasteiger charge is -2.31. The fourth-order valence-corrected chi connectivity index (χ4v) is 4.06.